The maximum atomic E-state index is 11.7. The van der Waals surface area contributed by atoms with Crippen LogP contribution in [0.15, 0.2) is 24.3 Å². The zero-order valence-corrected chi connectivity index (χ0v) is 19.5. The van der Waals surface area contributed by atoms with Crippen LogP contribution < -0.4 is 0 Å². The van der Waals surface area contributed by atoms with Crippen molar-refractivity contribution < 1.29 is 23.9 Å². The lowest BCUT2D eigenvalue weighted by Gasteiger charge is -2.35. The predicted molar refractivity (Wildman–Crippen MR) is 119 cm³/mol. The van der Waals surface area contributed by atoms with E-state index in [1.54, 1.807) is 0 Å². The molecule has 3 N–H and O–H groups in total. The highest BCUT2D eigenvalue weighted by atomic mass is 31.2. The molecule has 0 saturated heterocycles. The van der Waals surface area contributed by atoms with Crippen LogP contribution in [0.1, 0.15) is 84.0 Å². The molecule has 28 heavy (non-hydrogen) atoms. The maximum absolute atomic E-state index is 11.7. The number of hydrogen-bond donors (Lipinski definition) is 3. The predicted octanol–water partition coefficient (Wildman–Crippen LogP) is 5.37. The van der Waals surface area contributed by atoms with Crippen molar-refractivity contribution in [2.75, 3.05) is 27.7 Å². The Hall–Kier alpha value is -0.450. The van der Waals surface area contributed by atoms with Crippen molar-refractivity contribution >= 4 is 7.60 Å². The Morgan fingerprint density at radius 2 is 1.21 bits per heavy atom. The van der Waals surface area contributed by atoms with Gasteiger partial charge in [0.2, 0.25) is 5.34 Å². The topological polar surface area (TPSA) is 77.8 Å². The minimum absolute atomic E-state index is 0.0348. The Labute approximate surface area is 173 Å². The van der Waals surface area contributed by atoms with E-state index in [-0.39, 0.29) is 13.0 Å². The molecule has 0 amide bonds. The molecule has 0 rings (SSSR count). The molecule has 0 spiro atoms. The average molecular weight is 419 g/mol. The number of likely N-dealkylation sites (N-methyl/N-ethyl adjacent to an activating group) is 1. The molecule has 0 aliphatic rings. The number of aliphatic hydroxyl groups is 1. The molecule has 5 nitrogen and oxygen atoms in total. The zero-order chi connectivity index (χ0) is 21.5. The van der Waals surface area contributed by atoms with Gasteiger partial charge in [0, 0.05) is 0 Å². The van der Waals surface area contributed by atoms with Gasteiger partial charge in [-0.3, -0.25) is 4.57 Å². The summed E-state index contributed by atoms with van der Waals surface area (Å²) in [5.74, 6) is 0. The average Bonchev–Trinajstić information content (AvgIpc) is 2.56. The van der Waals surface area contributed by atoms with Crippen LogP contribution in [0.25, 0.3) is 0 Å². The first-order chi connectivity index (χ1) is 13.0. The van der Waals surface area contributed by atoms with Crippen LogP contribution in [0.4, 0.5) is 0 Å². The van der Waals surface area contributed by atoms with Gasteiger partial charge in [0.15, 0.2) is 0 Å². The first-order valence-electron chi connectivity index (χ1n) is 10.9. The van der Waals surface area contributed by atoms with Gasteiger partial charge in [-0.15, -0.1) is 0 Å². The smallest absolute Gasteiger partial charge is 0.362 e. The second-order valence-corrected chi connectivity index (χ2v) is 10.9. The van der Waals surface area contributed by atoms with Crippen LogP contribution in [0.5, 0.6) is 0 Å². The Morgan fingerprint density at radius 1 is 0.786 bits per heavy atom. The summed E-state index contributed by atoms with van der Waals surface area (Å²) in [4.78, 5) is 19.1. The van der Waals surface area contributed by atoms with E-state index in [1.807, 2.05) is 21.1 Å². The highest BCUT2D eigenvalue weighted by molar-refractivity contribution is 7.53. The number of allylic oxidation sites excluding steroid dienone is 4. The lowest BCUT2D eigenvalue weighted by molar-refractivity contribution is -0.875. The van der Waals surface area contributed by atoms with Crippen molar-refractivity contribution in [1.29, 1.82) is 0 Å². The lowest BCUT2D eigenvalue weighted by atomic mass is 10.1. The van der Waals surface area contributed by atoms with E-state index in [4.69, 9.17) is 0 Å². The van der Waals surface area contributed by atoms with Crippen molar-refractivity contribution in [2.24, 2.45) is 0 Å². The third-order valence-electron chi connectivity index (χ3n) is 4.77. The van der Waals surface area contributed by atoms with Gasteiger partial charge in [-0.25, -0.2) is 0 Å². The van der Waals surface area contributed by atoms with Crippen molar-refractivity contribution in [3.8, 4) is 0 Å². The second kappa shape index (κ2) is 14.5. The Balaban J connectivity index is 3.89. The molecule has 166 valence electrons. The molecule has 0 aromatic heterocycles. The van der Waals surface area contributed by atoms with E-state index in [2.05, 4.69) is 31.2 Å². The van der Waals surface area contributed by atoms with Crippen molar-refractivity contribution in [2.45, 2.75) is 89.3 Å². The minimum atomic E-state index is -4.56. The molecule has 0 bridgehead atoms. The molecule has 0 heterocycles. The van der Waals surface area contributed by atoms with Crippen LogP contribution >= 0.6 is 7.60 Å². The molecular formula is C22H45NO4P+. The van der Waals surface area contributed by atoms with Crippen molar-refractivity contribution in [3.63, 3.8) is 0 Å². The fraction of sp³-hybridized carbons (Fsp3) is 0.818. The summed E-state index contributed by atoms with van der Waals surface area (Å²) in [6.07, 6.45) is 21.2. The number of hydrogen-bond acceptors (Lipinski definition) is 2. The zero-order valence-electron chi connectivity index (χ0n) is 18.6. The third kappa shape index (κ3) is 14.5. The monoisotopic (exact) mass is 418 g/mol. The lowest BCUT2D eigenvalue weighted by Crippen LogP contribution is -2.49. The molecule has 0 radical (unpaired) electrons. The molecule has 0 aliphatic heterocycles. The second-order valence-electron chi connectivity index (χ2n) is 8.94. The van der Waals surface area contributed by atoms with Gasteiger partial charge in [-0.1, -0.05) is 50.5 Å². The van der Waals surface area contributed by atoms with E-state index in [0.29, 0.717) is 10.9 Å². The molecule has 0 aromatic carbocycles. The summed E-state index contributed by atoms with van der Waals surface area (Å²) in [7, 11) is 0.902. The fourth-order valence-corrected chi connectivity index (χ4v) is 4.32. The Bertz CT molecular complexity index is 493. The highest BCUT2D eigenvalue weighted by Crippen LogP contribution is 2.52. The fourth-order valence-electron chi connectivity index (χ4n) is 3.26. The molecule has 0 saturated carbocycles. The van der Waals surface area contributed by atoms with Gasteiger partial charge in [-0.2, -0.15) is 0 Å². The number of rotatable bonds is 17. The SMILES string of the molecule is CCCCCC/C=C\CCCC/C=C\CCCC(O)(C[N+](C)(C)C)P(=O)(O)O. The normalized spacial score (nSPS) is 15.5. The van der Waals surface area contributed by atoms with Gasteiger partial charge >= 0.3 is 7.60 Å². The molecule has 6 heteroatoms. The molecule has 0 aromatic rings. The summed E-state index contributed by atoms with van der Waals surface area (Å²) >= 11 is 0. The molecule has 1 atom stereocenters. The molecule has 0 fully saturated rings. The quantitative estimate of drug-likeness (QED) is 0.128. The Morgan fingerprint density at radius 3 is 1.61 bits per heavy atom. The standard InChI is InChI=1S/C22H44NO4P/c1-5-6-7-8-9-10-11-12-13-14-15-16-17-18-19-20-22(24,28(25,26)27)21-23(2,3)4/h10-11,16-17,24H,5-9,12-15,18-21H2,1-4H3,(H-,25,26,27)/p+1/b11-10-,17-16-. The summed E-state index contributed by atoms with van der Waals surface area (Å²) in [6, 6.07) is 0. The van der Waals surface area contributed by atoms with E-state index in [0.717, 1.165) is 25.7 Å². The van der Waals surface area contributed by atoms with Gasteiger partial charge in [-0.05, 0) is 57.8 Å². The highest BCUT2D eigenvalue weighted by Gasteiger charge is 2.48. The summed E-state index contributed by atoms with van der Waals surface area (Å²) in [5.41, 5.74) is 0. The summed E-state index contributed by atoms with van der Waals surface area (Å²) in [6.45, 7) is 2.27. The van der Waals surface area contributed by atoms with E-state index < -0.39 is 12.9 Å². The number of unbranched alkanes of at least 4 members (excludes halogenated alkanes) is 8. The van der Waals surface area contributed by atoms with Gasteiger partial charge in [0.1, 0.15) is 6.54 Å². The molecular weight excluding hydrogens is 373 g/mol. The van der Waals surface area contributed by atoms with Gasteiger partial charge < -0.3 is 19.4 Å². The van der Waals surface area contributed by atoms with Crippen molar-refractivity contribution in [3.05, 3.63) is 24.3 Å². The first-order valence-corrected chi connectivity index (χ1v) is 12.5. The van der Waals surface area contributed by atoms with Crippen LogP contribution in [0.3, 0.4) is 0 Å². The van der Waals surface area contributed by atoms with Gasteiger partial charge in [0.25, 0.3) is 0 Å². The van der Waals surface area contributed by atoms with E-state index >= 15 is 0 Å². The molecule has 1 unspecified atom stereocenters. The minimum Gasteiger partial charge on any atom is -0.373 e. The van der Waals surface area contributed by atoms with E-state index in [1.165, 1.54) is 38.5 Å². The van der Waals surface area contributed by atoms with Crippen LogP contribution in [0.2, 0.25) is 0 Å². The maximum Gasteiger partial charge on any atom is 0.362 e. The number of nitrogens with zero attached hydrogens (tertiary/aromatic N) is 1. The molecule has 0 aliphatic carbocycles. The van der Waals surface area contributed by atoms with Gasteiger partial charge in [0.05, 0.1) is 21.1 Å². The first kappa shape index (κ1) is 27.5. The van der Waals surface area contributed by atoms with Crippen LogP contribution in [-0.4, -0.2) is 52.4 Å². The third-order valence-corrected chi connectivity index (χ3v) is 6.22. The van der Waals surface area contributed by atoms with Crippen LogP contribution in [-0.2, 0) is 4.57 Å². The van der Waals surface area contributed by atoms with Crippen molar-refractivity contribution in [1.82, 2.24) is 0 Å². The number of quaternary nitrogens is 1. The summed E-state index contributed by atoms with van der Waals surface area (Å²) < 4.78 is 12.0. The van der Waals surface area contributed by atoms with E-state index in [9.17, 15) is 19.5 Å². The largest absolute Gasteiger partial charge is 0.373 e. The summed E-state index contributed by atoms with van der Waals surface area (Å²) in [5, 5.41) is 8.54. The van der Waals surface area contributed by atoms with Crippen LogP contribution in [0, 0.1) is 0 Å². The Kier molecular flexibility index (Phi) is 14.3.